The van der Waals surface area contributed by atoms with Gasteiger partial charge in [-0.05, 0) is 38.0 Å². The van der Waals surface area contributed by atoms with Gasteiger partial charge in [-0.25, -0.2) is 4.79 Å². The van der Waals surface area contributed by atoms with Crippen LogP contribution in [0.4, 0.5) is 0 Å². The van der Waals surface area contributed by atoms with Crippen molar-refractivity contribution in [2.75, 3.05) is 13.2 Å². The Morgan fingerprint density at radius 1 is 1.11 bits per heavy atom. The summed E-state index contributed by atoms with van der Waals surface area (Å²) in [6, 6.07) is 13.4. The van der Waals surface area contributed by atoms with Gasteiger partial charge in [0.25, 0.3) is 5.91 Å². The van der Waals surface area contributed by atoms with Gasteiger partial charge in [0.1, 0.15) is 5.60 Å². The molecule has 0 unspecified atom stereocenters. The maximum absolute atomic E-state index is 11.9. The standard InChI is InChI=1S/C22H25NO5/c1-15-7-4-5-8-17(15)12-23-19(24)13-27-20(25)14-26-18-10-6-9-16-11-22(2,3)28-21(16)18/h4-10H,11-14H2,1-3H3,(H,23,24). The number of carbonyl (C=O) groups excluding carboxylic acids is 2. The average Bonchev–Trinajstić information content (AvgIpc) is 2.98. The molecule has 1 aliphatic heterocycles. The summed E-state index contributed by atoms with van der Waals surface area (Å²) in [5.74, 6) is 0.198. The predicted octanol–water partition coefficient (Wildman–Crippen LogP) is 2.95. The maximum atomic E-state index is 11.9. The van der Waals surface area contributed by atoms with Gasteiger partial charge in [-0.3, -0.25) is 4.79 Å². The molecule has 2 aromatic rings. The SMILES string of the molecule is Cc1ccccc1CNC(=O)COC(=O)COc1cccc2c1OC(C)(C)C2. The van der Waals surface area contributed by atoms with Crippen LogP contribution in [0.1, 0.15) is 30.5 Å². The monoisotopic (exact) mass is 383 g/mol. The van der Waals surface area contributed by atoms with Crippen LogP contribution in [0.5, 0.6) is 11.5 Å². The maximum Gasteiger partial charge on any atom is 0.344 e. The molecule has 0 saturated heterocycles. The molecule has 0 aromatic heterocycles. The average molecular weight is 383 g/mol. The second kappa shape index (κ2) is 8.33. The number of rotatable bonds is 7. The first-order valence-corrected chi connectivity index (χ1v) is 9.24. The molecule has 0 fully saturated rings. The highest BCUT2D eigenvalue weighted by atomic mass is 16.6. The summed E-state index contributed by atoms with van der Waals surface area (Å²) in [6.45, 7) is 5.74. The summed E-state index contributed by atoms with van der Waals surface area (Å²) in [6.07, 6.45) is 0.783. The van der Waals surface area contributed by atoms with Gasteiger partial charge in [0.05, 0.1) is 0 Å². The zero-order valence-electron chi connectivity index (χ0n) is 16.4. The fourth-order valence-corrected chi connectivity index (χ4v) is 3.08. The number of aryl methyl sites for hydroxylation is 1. The van der Waals surface area contributed by atoms with E-state index in [4.69, 9.17) is 14.2 Å². The first kappa shape index (κ1) is 19.7. The van der Waals surface area contributed by atoms with Crippen molar-refractivity contribution in [1.29, 1.82) is 0 Å². The molecule has 0 atom stereocenters. The molecule has 0 spiro atoms. The highest BCUT2D eigenvalue weighted by Crippen LogP contribution is 2.41. The molecule has 0 saturated carbocycles. The van der Waals surface area contributed by atoms with E-state index in [9.17, 15) is 9.59 Å². The van der Waals surface area contributed by atoms with Crippen LogP contribution in [-0.2, 0) is 27.3 Å². The van der Waals surface area contributed by atoms with E-state index >= 15 is 0 Å². The lowest BCUT2D eigenvalue weighted by atomic mass is 10.0. The molecular weight excluding hydrogens is 358 g/mol. The number of fused-ring (bicyclic) bond motifs is 1. The third-order valence-corrected chi connectivity index (χ3v) is 4.50. The Hall–Kier alpha value is -3.02. The second-order valence-electron chi connectivity index (χ2n) is 7.44. The van der Waals surface area contributed by atoms with Crippen LogP contribution in [0, 0.1) is 6.92 Å². The Morgan fingerprint density at radius 2 is 1.89 bits per heavy atom. The zero-order valence-corrected chi connectivity index (χ0v) is 16.4. The first-order chi connectivity index (χ1) is 13.3. The summed E-state index contributed by atoms with van der Waals surface area (Å²) < 4.78 is 16.4. The van der Waals surface area contributed by atoms with Crippen molar-refractivity contribution in [3.8, 4) is 11.5 Å². The molecule has 28 heavy (non-hydrogen) atoms. The fourth-order valence-electron chi connectivity index (χ4n) is 3.08. The number of amides is 1. The van der Waals surface area contributed by atoms with Crippen LogP contribution in [0.3, 0.4) is 0 Å². The molecule has 0 aliphatic carbocycles. The van der Waals surface area contributed by atoms with Gasteiger partial charge in [-0.15, -0.1) is 0 Å². The summed E-state index contributed by atoms with van der Waals surface area (Å²) >= 11 is 0. The fraction of sp³-hybridized carbons (Fsp3) is 0.364. The normalized spacial score (nSPS) is 14.0. The van der Waals surface area contributed by atoms with Gasteiger partial charge in [-0.1, -0.05) is 36.4 Å². The van der Waals surface area contributed by atoms with Crippen LogP contribution in [0.2, 0.25) is 0 Å². The van der Waals surface area contributed by atoms with E-state index in [1.807, 2.05) is 57.2 Å². The molecule has 1 amide bonds. The van der Waals surface area contributed by atoms with Crippen LogP contribution < -0.4 is 14.8 Å². The van der Waals surface area contributed by atoms with E-state index < -0.39 is 5.97 Å². The Morgan fingerprint density at radius 3 is 2.68 bits per heavy atom. The quantitative estimate of drug-likeness (QED) is 0.744. The van der Waals surface area contributed by atoms with Crippen molar-refractivity contribution < 1.29 is 23.8 Å². The van der Waals surface area contributed by atoms with E-state index in [1.165, 1.54) is 0 Å². The van der Waals surface area contributed by atoms with E-state index in [0.717, 1.165) is 23.1 Å². The lowest BCUT2D eigenvalue weighted by Crippen LogP contribution is -2.29. The summed E-state index contributed by atoms with van der Waals surface area (Å²) in [7, 11) is 0. The minimum Gasteiger partial charge on any atom is -0.483 e. The van der Waals surface area contributed by atoms with Crippen LogP contribution in [0.25, 0.3) is 0 Å². The van der Waals surface area contributed by atoms with E-state index in [1.54, 1.807) is 6.07 Å². The predicted molar refractivity (Wildman–Crippen MR) is 104 cm³/mol. The summed E-state index contributed by atoms with van der Waals surface area (Å²) in [5.41, 5.74) is 2.86. The highest BCUT2D eigenvalue weighted by Gasteiger charge is 2.32. The van der Waals surface area contributed by atoms with E-state index in [-0.39, 0.29) is 24.7 Å². The molecule has 0 bridgehead atoms. The number of benzene rings is 2. The molecule has 6 nitrogen and oxygen atoms in total. The topological polar surface area (TPSA) is 73.9 Å². The third kappa shape index (κ3) is 5.03. The van der Waals surface area contributed by atoms with Crippen molar-refractivity contribution in [3.05, 3.63) is 59.2 Å². The van der Waals surface area contributed by atoms with Gasteiger partial charge in [0.15, 0.2) is 24.7 Å². The van der Waals surface area contributed by atoms with Crippen molar-refractivity contribution in [3.63, 3.8) is 0 Å². The smallest absolute Gasteiger partial charge is 0.344 e. The van der Waals surface area contributed by atoms with E-state index in [2.05, 4.69) is 5.32 Å². The summed E-state index contributed by atoms with van der Waals surface area (Å²) in [5, 5.41) is 2.73. The van der Waals surface area contributed by atoms with Gasteiger partial charge >= 0.3 is 5.97 Å². The van der Waals surface area contributed by atoms with Crippen LogP contribution >= 0.6 is 0 Å². The lowest BCUT2D eigenvalue weighted by Gasteiger charge is -2.18. The Balaban J connectivity index is 1.43. The number of ether oxygens (including phenoxy) is 3. The zero-order chi connectivity index (χ0) is 20.1. The first-order valence-electron chi connectivity index (χ1n) is 9.24. The van der Waals surface area contributed by atoms with Crippen molar-refractivity contribution in [1.82, 2.24) is 5.32 Å². The van der Waals surface area contributed by atoms with Gasteiger partial charge in [0, 0.05) is 18.5 Å². The van der Waals surface area contributed by atoms with Gasteiger partial charge in [0.2, 0.25) is 0 Å². The Bertz CT molecular complexity index is 875. The lowest BCUT2D eigenvalue weighted by molar-refractivity contribution is -0.150. The molecule has 1 aliphatic rings. The van der Waals surface area contributed by atoms with Crippen molar-refractivity contribution >= 4 is 11.9 Å². The van der Waals surface area contributed by atoms with Crippen LogP contribution in [-0.4, -0.2) is 30.7 Å². The molecule has 3 rings (SSSR count). The van der Waals surface area contributed by atoms with Crippen LogP contribution in [0.15, 0.2) is 42.5 Å². The number of hydrogen-bond acceptors (Lipinski definition) is 5. The molecule has 148 valence electrons. The molecule has 0 radical (unpaired) electrons. The Kier molecular flexibility index (Phi) is 5.87. The Labute approximate surface area is 164 Å². The number of nitrogens with one attached hydrogen (secondary N) is 1. The van der Waals surface area contributed by atoms with Crippen molar-refractivity contribution in [2.24, 2.45) is 0 Å². The molecular formula is C22H25NO5. The molecule has 1 N–H and O–H groups in total. The molecule has 2 aromatic carbocycles. The van der Waals surface area contributed by atoms with Gasteiger partial charge < -0.3 is 19.5 Å². The number of carbonyl (C=O) groups is 2. The molecule has 1 heterocycles. The van der Waals surface area contributed by atoms with Gasteiger partial charge in [-0.2, -0.15) is 0 Å². The third-order valence-electron chi connectivity index (χ3n) is 4.50. The van der Waals surface area contributed by atoms with Crippen molar-refractivity contribution in [2.45, 2.75) is 39.3 Å². The second-order valence-corrected chi connectivity index (χ2v) is 7.44. The number of hydrogen-bond donors (Lipinski definition) is 1. The highest BCUT2D eigenvalue weighted by molar-refractivity contribution is 5.81. The number of esters is 1. The minimum atomic E-state index is -0.610. The molecule has 6 heteroatoms. The largest absolute Gasteiger partial charge is 0.483 e. The summed E-state index contributed by atoms with van der Waals surface area (Å²) in [4.78, 5) is 23.8. The minimum absolute atomic E-state index is 0.286. The van der Waals surface area contributed by atoms with E-state index in [0.29, 0.717) is 18.0 Å². The number of para-hydroxylation sites is 1.